The van der Waals surface area contributed by atoms with E-state index in [1.54, 1.807) is 0 Å². The molecule has 0 aromatic rings. The van der Waals surface area contributed by atoms with Crippen LogP contribution in [0.3, 0.4) is 0 Å². The molecular formula is C10H15F3N2O. The molecule has 0 radical (unpaired) electrons. The number of nitrogens with one attached hydrogen (secondary N) is 1. The van der Waals surface area contributed by atoms with E-state index in [1.807, 2.05) is 0 Å². The maximum Gasteiger partial charge on any atom is 0.471 e. The SMILES string of the molecule is O=C(NC1CCN2CCCCC12)C(F)(F)F. The van der Waals surface area contributed by atoms with Crippen LogP contribution < -0.4 is 5.32 Å². The third-order valence-electron chi connectivity index (χ3n) is 3.43. The number of rotatable bonds is 1. The Balaban J connectivity index is 1.93. The van der Waals surface area contributed by atoms with E-state index in [0.717, 1.165) is 32.4 Å². The van der Waals surface area contributed by atoms with Crippen molar-refractivity contribution in [1.29, 1.82) is 0 Å². The van der Waals surface area contributed by atoms with E-state index >= 15 is 0 Å². The van der Waals surface area contributed by atoms with E-state index in [-0.39, 0.29) is 12.1 Å². The molecule has 0 aromatic carbocycles. The van der Waals surface area contributed by atoms with Gasteiger partial charge in [0.25, 0.3) is 0 Å². The molecule has 2 saturated heterocycles. The first-order valence-electron chi connectivity index (χ1n) is 5.60. The normalized spacial score (nSPS) is 31.2. The van der Waals surface area contributed by atoms with Crippen molar-refractivity contribution < 1.29 is 18.0 Å². The van der Waals surface area contributed by atoms with Crippen LogP contribution in [-0.2, 0) is 4.79 Å². The summed E-state index contributed by atoms with van der Waals surface area (Å²) in [6.45, 7) is 1.75. The monoisotopic (exact) mass is 236 g/mol. The molecule has 2 unspecified atom stereocenters. The molecule has 6 heteroatoms. The first-order valence-corrected chi connectivity index (χ1v) is 5.60. The van der Waals surface area contributed by atoms with Gasteiger partial charge in [-0.15, -0.1) is 0 Å². The molecule has 16 heavy (non-hydrogen) atoms. The van der Waals surface area contributed by atoms with E-state index in [0.29, 0.717) is 6.42 Å². The first kappa shape index (κ1) is 11.7. The predicted octanol–water partition coefficient (Wildman–Crippen LogP) is 1.29. The minimum atomic E-state index is -4.76. The maximum atomic E-state index is 12.1. The summed E-state index contributed by atoms with van der Waals surface area (Å²) in [6.07, 6.45) is -1.09. The standard InChI is InChI=1S/C10H15F3N2O/c11-10(12,13)9(16)14-7-4-6-15-5-2-1-3-8(7)15/h7-8H,1-6H2,(H,14,16). The van der Waals surface area contributed by atoms with E-state index in [9.17, 15) is 18.0 Å². The van der Waals surface area contributed by atoms with E-state index in [4.69, 9.17) is 0 Å². The Hall–Kier alpha value is -0.780. The fourth-order valence-electron chi connectivity index (χ4n) is 2.67. The van der Waals surface area contributed by atoms with Gasteiger partial charge in [0.2, 0.25) is 0 Å². The summed E-state index contributed by atoms with van der Waals surface area (Å²) in [7, 11) is 0. The van der Waals surface area contributed by atoms with Crippen LogP contribution in [0.5, 0.6) is 0 Å². The lowest BCUT2D eigenvalue weighted by Crippen LogP contribution is -2.50. The molecule has 92 valence electrons. The number of carbonyl (C=O) groups excluding carboxylic acids is 1. The first-order chi connectivity index (χ1) is 7.48. The van der Waals surface area contributed by atoms with Gasteiger partial charge in [0.1, 0.15) is 0 Å². The summed E-state index contributed by atoms with van der Waals surface area (Å²) < 4.78 is 36.3. The van der Waals surface area contributed by atoms with Crippen molar-refractivity contribution in [3.05, 3.63) is 0 Å². The predicted molar refractivity (Wildman–Crippen MR) is 51.8 cm³/mol. The Kier molecular flexibility index (Phi) is 3.10. The molecule has 3 nitrogen and oxygen atoms in total. The van der Waals surface area contributed by atoms with Gasteiger partial charge in [0, 0.05) is 18.6 Å². The second kappa shape index (κ2) is 4.24. The fraction of sp³-hybridized carbons (Fsp3) is 0.900. The average molecular weight is 236 g/mol. The summed E-state index contributed by atoms with van der Waals surface area (Å²) in [5.41, 5.74) is 0. The molecule has 2 rings (SSSR count). The highest BCUT2D eigenvalue weighted by atomic mass is 19.4. The van der Waals surface area contributed by atoms with Gasteiger partial charge < -0.3 is 5.32 Å². The van der Waals surface area contributed by atoms with Crippen molar-refractivity contribution in [1.82, 2.24) is 10.2 Å². The van der Waals surface area contributed by atoms with E-state index < -0.39 is 12.1 Å². The van der Waals surface area contributed by atoms with Gasteiger partial charge in [-0.25, -0.2) is 0 Å². The zero-order valence-corrected chi connectivity index (χ0v) is 8.89. The molecule has 0 saturated carbocycles. The number of carbonyl (C=O) groups is 1. The Morgan fingerprint density at radius 3 is 2.62 bits per heavy atom. The van der Waals surface area contributed by atoms with Crippen molar-refractivity contribution in [2.45, 2.75) is 43.9 Å². The second-order valence-electron chi connectivity index (χ2n) is 4.47. The summed E-state index contributed by atoms with van der Waals surface area (Å²) in [5.74, 6) is -1.80. The van der Waals surface area contributed by atoms with Gasteiger partial charge in [0.15, 0.2) is 0 Å². The van der Waals surface area contributed by atoms with E-state index in [2.05, 4.69) is 10.2 Å². The van der Waals surface area contributed by atoms with Crippen LogP contribution in [-0.4, -0.2) is 42.2 Å². The number of nitrogens with zero attached hydrogens (tertiary/aromatic N) is 1. The second-order valence-corrected chi connectivity index (χ2v) is 4.47. The molecule has 1 N–H and O–H groups in total. The molecule has 0 bridgehead atoms. The van der Waals surface area contributed by atoms with Crippen LogP contribution in [0.4, 0.5) is 13.2 Å². The number of hydrogen-bond acceptors (Lipinski definition) is 2. The molecule has 0 aliphatic carbocycles. The van der Waals surface area contributed by atoms with Crippen LogP contribution >= 0.6 is 0 Å². The summed E-state index contributed by atoms with van der Waals surface area (Å²) in [4.78, 5) is 13.0. The lowest BCUT2D eigenvalue weighted by molar-refractivity contribution is -0.174. The lowest BCUT2D eigenvalue weighted by Gasteiger charge is -2.32. The molecule has 2 atom stereocenters. The Morgan fingerprint density at radius 2 is 1.94 bits per heavy atom. The van der Waals surface area contributed by atoms with Gasteiger partial charge in [-0.05, 0) is 25.8 Å². The van der Waals surface area contributed by atoms with Crippen LogP contribution in [0.25, 0.3) is 0 Å². The highest BCUT2D eigenvalue weighted by molar-refractivity contribution is 5.82. The highest BCUT2D eigenvalue weighted by Crippen LogP contribution is 2.28. The summed E-state index contributed by atoms with van der Waals surface area (Å²) in [6, 6.07) is -0.213. The van der Waals surface area contributed by atoms with Crippen LogP contribution in [0.2, 0.25) is 0 Å². The number of alkyl halides is 3. The summed E-state index contributed by atoms with van der Waals surface area (Å²) in [5, 5.41) is 2.11. The molecule has 2 aliphatic heterocycles. The third-order valence-corrected chi connectivity index (χ3v) is 3.43. The van der Waals surface area contributed by atoms with E-state index in [1.165, 1.54) is 0 Å². The van der Waals surface area contributed by atoms with Gasteiger partial charge >= 0.3 is 12.1 Å². The quantitative estimate of drug-likeness (QED) is 0.744. The number of amides is 1. The molecule has 2 aliphatic rings. The molecule has 2 heterocycles. The van der Waals surface area contributed by atoms with Crippen LogP contribution in [0, 0.1) is 0 Å². The smallest absolute Gasteiger partial charge is 0.344 e. The van der Waals surface area contributed by atoms with Crippen LogP contribution in [0.1, 0.15) is 25.7 Å². The molecule has 2 fully saturated rings. The van der Waals surface area contributed by atoms with Crippen molar-refractivity contribution in [3.63, 3.8) is 0 Å². The van der Waals surface area contributed by atoms with Gasteiger partial charge in [0.05, 0.1) is 0 Å². The van der Waals surface area contributed by atoms with Gasteiger partial charge in [-0.1, -0.05) is 6.42 Å². The fourth-order valence-corrected chi connectivity index (χ4v) is 2.67. The Morgan fingerprint density at radius 1 is 1.19 bits per heavy atom. The Bertz CT molecular complexity index is 280. The molecule has 0 aromatic heterocycles. The largest absolute Gasteiger partial charge is 0.471 e. The minimum Gasteiger partial charge on any atom is -0.344 e. The van der Waals surface area contributed by atoms with Crippen molar-refractivity contribution in [2.75, 3.05) is 13.1 Å². The average Bonchev–Trinajstić information content (AvgIpc) is 2.61. The maximum absolute atomic E-state index is 12.1. The van der Waals surface area contributed by atoms with Crippen molar-refractivity contribution in [3.8, 4) is 0 Å². The molecule has 0 spiro atoms. The highest BCUT2D eigenvalue weighted by Gasteiger charge is 2.43. The zero-order valence-electron chi connectivity index (χ0n) is 8.89. The topological polar surface area (TPSA) is 32.3 Å². The number of fused-ring (bicyclic) bond motifs is 1. The number of halogens is 3. The number of hydrogen-bond donors (Lipinski definition) is 1. The van der Waals surface area contributed by atoms with Gasteiger partial charge in [-0.2, -0.15) is 13.2 Å². The Labute approximate surface area is 92.0 Å². The zero-order chi connectivity index (χ0) is 11.8. The third kappa shape index (κ3) is 2.31. The molecule has 1 amide bonds. The molecular weight excluding hydrogens is 221 g/mol. The van der Waals surface area contributed by atoms with Crippen molar-refractivity contribution in [2.24, 2.45) is 0 Å². The van der Waals surface area contributed by atoms with Gasteiger partial charge in [-0.3, -0.25) is 9.69 Å². The lowest BCUT2D eigenvalue weighted by atomic mass is 9.99. The summed E-state index contributed by atoms with van der Waals surface area (Å²) >= 11 is 0. The minimum absolute atomic E-state index is 0.111. The van der Waals surface area contributed by atoms with Crippen molar-refractivity contribution >= 4 is 5.91 Å². The number of piperidine rings is 1. The van der Waals surface area contributed by atoms with Crippen LogP contribution in [0.15, 0.2) is 0 Å².